The van der Waals surface area contributed by atoms with E-state index in [1.807, 2.05) is 13.8 Å². The van der Waals surface area contributed by atoms with Gasteiger partial charge in [-0.3, -0.25) is 0 Å². The van der Waals surface area contributed by atoms with Crippen molar-refractivity contribution in [1.82, 2.24) is 9.97 Å². The number of nitrogens with zero attached hydrogens (tertiary/aromatic N) is 2. The fourth-order valence-electron chi connectivity index (χ4n) is 2.14. The van der Waals surface area contributed by atoms with Gasteiger partial charge in [0, 0.05) is 17.8 Å². The molecule has 3 nitrogen and oxygen atoms in total. The summed E-state index contributed by atoms with van der Waals surface area (Å²) < 4.78 is 0. The van der Waals surface area contributed by atoms with E-state index in [0.29, 0.717) is 11.1 Å². The zero-order chi connectivity index (χ0) is 13.0. The van der Waals surface area contributed by atoms with Crippen molar-refractivity contribution in [1.29, 1.82) is 0 Å². The van der Waals surface area contributed by atoms with E-state index in [0.717, 1.165) is 24.2 Å². The van der Waals surface area contributed by atoms with Crippen LogP contribution in [0.3, 0.4) is 0 Å². The van der Waals surface area contributed by atoms with Gasteiger partial charge in [-0.05, 0) is 46.0 Å². The van der Waals surface area contributed by atoms with E-state index in [1.165, 1.54) is 25.7 Å². The maximum atomic E-state index is 6.04. The molecule has 0 fully saturated rings. The van der Waals surface area contributed by atoms with Gasteiger partial charge < -0.3 is 5.32 Å². The molecule has 0 aromatic carbocycles. The summed E-state index contributed by atoms with van der Waals surface area (Å²) in [6.45, 7) is 4.77. The molecule has 1 aliphatic rings. The number of aryl methyl sites for hydroxylation is 1. The Balaban J connectivity index is 1.88. The maximum Gasteiger partial charge on any atom is 0.224 e. The highest BCUT2D eigenvalue weighted by Crippen LogP contribution is 2.20. The summed E-state index contributed by atoms with van der Waals surface area (Å²) in [5.74, 6) is 0.638. The van der Waals surface area contributed by atoms with Gasteiger partial charge in [-0.1, -0.05) is 23.3 Å². The van der Waals surface area contributed by atoms with Crippen LogP contribution >= 0.6 is 11.6 Å². The summed E-state index contributed by atoms with van der Waals surface area (Å²) in [6.07, 6.45) is 8.61. The van der Waals surface area contributed by atoms with Gasteiger partial charge in [0.15, 0.2) is 0 Å². The van der Waals surface area contributed by atoms with Crippen LogP contribution in [0, 0.1) is 13.8 Å². The number of rotatable bonds is 4. The van der Waals surface area contributed by atoms with Crippen LogP contribution in [0.4, 0.5) is 5.95 Å². The van der Waals surface area contributed by atoms with Crippen molar-refractivity contribution >= 4 is 17.5 Å². The molecule has 0 atom stereocenters. The average Bonchev–Trinajstić information content (AvgIpc) is 2.37. The predicted molar refractivity (Wildman–Crippen MR) is 76.2 cm³/mol. The van der Waals surface area contributed by atoms with E-state index in [-0.39, 0.29) is 0 Å². The first kappa shape index (κ1) is 13.3. The lowest BCUT2D eigenvalue weighted by Crippen LogP contribution is -2.08. The van der Waals surface area contributed by atoms with Gasteiger partial charge in [0.25, 0.3) is 0 Å². The minimum atomic E-state index is 0.543. The standard InChI is InChI=1S/C14H20ClN3/c1-10-11(2)17-14(18-13(10)15)16-9-8-12-6-4-3-5-7-12/h6H,3-5,7-9H2,1-2H3,(H,16,17,18). The smallest absolute Gasteiger partial charge is 0.224 e. The van der Waals surface area contributed by atoms with Crippen molar-refractivity contribution in [2.75, 3.05) is 11.9 Å². The number of halogens is 1. The Kier molecular flexibility index (Phi) is 4.59. The van der Waals surface area contributed by atoms with Crippen LogP contribution < -0.4 is 5.32 Å². The molecule has 0 saturated heterocycles. The monoisotopic (exact) mass is 265 g/mol. The number of aromatic nitrogens is 2. The lowest BCUT2D eigenvalue weighted by molar-refractivity contribution is 0.679. The van der Waals surface area contributed by atoms with Crippen LogP contribution in [-0.4, -0.2) is 16.5 Å². The van der Waals surface area contributed by atoms with E-state index in [1.54, 1.807) is 5.57 Å². The number of hydrogen-bond acceptors (Lipinski definition) is 3. The third kappa shape index (κ3) is 3.45. The molecule has 0 unspecified atom stereocenters. The molecule has 0 radical (unpaired) electrons. The minimum Gasteiger partial charge on any atom is -0.354 e. The summed E-state index contributed by atoms with van der Waals surface area (Å²) in [4.78, 5) is 8.63. The van der Waals surface area contributed by atoms with Crippen molar-refractivity contribution in [3.8, 4) is 0 Å². The summed E-state index contributed by atoms with van der Waals surface area (Å²) in [7, 11) is 0. The fraction of sp³-hybridized carbons (Fsp3) is 0.571. The number of hydrogen-bond donors (Lipinski definition) is 1. The zero-order valence-electron chi connectivity index (χ0n) is 11.1. The van der Waals surface area contributed by atoms with Crippen molar-refractivity contribution < 1.29 is 0 Å². The highest BCUT2D eigenvalue weighted by Gasteiger charge is 2.06. The highest BCUT2D eigenvalue weighted by atomic mass is 35.5. The molecular formula is C14H20ClN3. The molecule has 1 heterocycles. The number of allylic oxidation sites excluding steroid dienone is 1. The molecule has 1 aromatic heterocycles. The third-order valence-electron chi connectivity index (χ3n) is 3.44. The van der Waals surface area contributed by atoms with Gasteiger partial charge in [0.1, 0.15) is 5.15 Å². The molecule has 98 valence electrons. The van der Waals surface area contributed by atoms with Gasteiger partial charge in [-0.25, -0.2) is 9.97 Å². The molecule has 0 amide bonds. The van der Waals surface area contributed by atoms with Crippen LogP contribution in [0.1, 0.15) is 43.4 Å². The normalized spacial score (nSPS) is 15.4. The van der Waals surface area contributed by atoms with Crippen LogP contribution in [0.15, 0.2) is 11.6 Å². The second kappa shape index (κ2) is 6.19. The Morgan fingerprint density at radius 1 is 1.28 bits per heavy atom. The van der Waals surface area contributed by atoms with E-state index in [4.69, 9.17) is 11.6 Å². The average molecular weight is 266 g/mol. The largest absolute Gasteiger partial charge is 0.354 e. The molecule has 0 saturated carbocycles. The SMILES string of the molecule is Cc1nc(NCCC2=CCCCC2)nc(Cl)c1C. The van der Waals surface area contributed by atoms with Crippen molar-refractivity contribution in [3.05, 3.63) is 28.1 Å². The minimum absolute atomic E-state index is 0.543. The zero-order valence-corrected chi connectivity index (χ0v) is 11.8. The second-order valence-electron chi connectivity index (χ2n) is 4.83. The first-order valence-corrected chi connectivity index (χ1v) is 6.97. The molecule has 18 heavy (non-hydrogen) atoms. The maximum absolute atomic E-state index is 6.04. The van der Waals surface area contributed by atoms with E-state index in [9.17, 15) is 0 Å². The summed E-state index contributed by atoms with van der Waals surface area (Å²) >= 11 is 6.04. The highest BCUT2D eigenvalue weighted by molar-refractivity contribution is 6.30. The molecule has 0 aliphatic heterocycles. The summed E-state index contributed by atoms with van der Waals surface area (Å²) in [5, 5.41) is 3.80. The van der Waals surface area contributed by atoms with Gasteiger partial charge in [0.05, 0.1) is 0 Å². The predicted octanol–water partition coefficient (Wildman–Crippen LogP) is 4.05. The molecule has 1 aliphatic carbocycles. The van der Waals surface area contributed by atoms with Crippen LogP contribution in [0.25, 0.3) is 0 Å². The quantitative estimate of drug-likeness (QED) is 0.659. The van der Waals surface area contributed by atoms with Gasteiger partial charge in [-0.15, -0.1) is 0 Å². The van der Waals surface area contributed by atoms with Gasteiger partial charge in [0.2, 0.25) is 5.95 Å². The molecule has 1 N–H and O–H groups in total. The first-order chi connectivity index (χ1) is 8.66. The fourth-order valence-corrected chi connectivity index (χ4v) is 2.36. The molecule has 0 spiro atoms. The topological polar surface area (TPSA) is 37.8 Å². The van der Waals surface area contributed by atoms with Crippen molar-refractivity contribution in [3.63, 3.8) is 0 Å². The molecular weight excluding hydrogens is 246 g/mol. The number of nitrogens with one attached hydrogen (secondary N) is 1. The Morgan fingerprint density at radius 2 is 2.11 bits per heavy atom. The Labute approximate surface area is 114 Å². The van der Waals surface area contributed by atoms with Crippen LogP contribution in [-0.2, 0) is 0 Å². The van der Waals surface area contributed by atoms with Gasteiger partial charge >= 0.3 is 0 Å². The lowest BCUT2D eigenvalue weighted by Gasteiger charge is -2.13. The Morgan fingerprint density at radius 3 is 2.78 bits per heavy atom. The first-order valence-electron chi connectivity index (χ1n) is 6.59. The lowest BCUT2D eigenvalue weighted by atomic mass is 9.97. The third-order valence-corrected chi connectivity index (χ3v) is 3.81. The molecule has 0 bridgehead atoms. The van der Waals surface area contributed by atoms with Crippen molar-refractivity contribution in [2.45, 2.75) is 46.0 Å². The second-order valence-corrected chi connectivity index (χ2v) is 5.19. The van der Waals surface area contributed by atoms with E-state index in [2.05, 4.69) is 21.4 Å². The van der Waals surface area contributed by atoms with E-state index >= 15 is 0 Å². The summed E-state index contributed by atoms with van der Waals surface area (Å²) in [5.41, 5.74) is 3.45. The van der Waals surface area contributed by atoms with Crippen LogP contribution in [0.5, 0.6) is 0 Å². The Hall–Kier alpha value is -1.09. The number of anilines is 1. The molecule has 2 rings (SSSR count). The van der Waals surface area contributed by atoms with Crippen molar-refractivity contribution in [2.24, 2.45) is 0 Å². The molecule has 1 aromatic rings. The van der Waals surface area contributed by atoms with E-state index < -0.39 is 0 Å². The van der Waals surface area contributed by atoms with Crippen LogP contribution in [0.2, 0.25) is 5.15 Å². The molecule has 4 heteroatoms. The Bertz CT molecular complexity index is 431. The van der Waals surface area contributed by atoms with Gasteiger partial charge in [-0.2, -0.15) is 0 Å². The summed E-state index contributed by atoms with van der Waals surface area (Å²) in [6, 6.07) is 0.